The first-order chi connectivity index (χ1) is 18.9. The van der Waals surface area contributed by atoms with Crippen LogP contribution in [0.15, 0.2) is 60.7 Å². The SMILES string of the molecule is CC(=O)N1CCC[C@H]2C(=O)N(Cc3ccccc3)C(=O)[C@H]21.Cl.O=C1[C@H]2CCCC[C@H]2C(=O)N1Cc1ccccc1. The Kier molecular flexibility index (Phi) is 9.40. The number of hydrogen-bond acceptors (Lipinski definition) is 5. The van der Waals surface area contributed by atoms with E-state index in [2.05, 4.69) is 0 Å². The second-order valence-corrected chi connectivity index (χ2v) is 10.9. The summed E-state index contributed by atoms with van der Waals surface area (Å²) in [7, 11) is 0. The van der Waals surface area contributed by atoms with E-state index in [-0.39, 0.29) is 66.2 Å². The first kappa shape index (κ1) is 29.5. The van der Waals surface area contributed by atoms with Crippen LogP contribution in [0.3, 0.4) is 0 Å². The van der Waals surface area contributed by atoms with Crippen molar-refractivity contribution in [2.45, 2.75) is 64.6 Å². The highest BCUT2D eigenvalue weighted by Gasteiger charge is 2.52. The molecule has 40 heavy (non-hydrogen) atoms. The van der Waals surface area contributed by atoms with E-state index in [1.54, 1.807) is 4.90 Å². The fourth-order valence-corrected chi connectivity index (χ4v) is 6.46. The van der Waals surface area contributed by atoms with Gasteiger partial charge >= 0.3 is 0 Å². The van der Waals surface area contributed by atoms with Crippen LogP contribution in [-0.2, 0) is 37.1 Å². The van der Waals surface area contributed by atoms with E-state index in [4.69, 9.17) is 0 Å². The Morgan fingerprint density at radius 3 is 1.55 bits per heavy atom. The lowest BCUT2D eigenvalue weighted by Crippen LogP contribution is -2.50. The number of imide groups is 2. The Morgan fingerprint density at radius 2 is 1.07 bits per heavy atom. The van der Waals surface area contributed by atoms with Gasteiger partial charge in [0.25, 0.3) is 5.91 Å². The Balaban J connectivity index is 0.000000182. The minimum absolute atomic E-state index is 0. The van der Waals surface area contributed by atoms with E-state index in [1.807, 2.05) is 60.7 Å². The van der Waals surface area contributed by atoms with Gasteiger partial charge in [0.05, 0.1) is 30.8 Å². The van der Waals surface area contributed by atoms with E-state index in [0.29, 0.717) is 19.5 Å². The molecule has 4 fully saturated rings. The van der Waals surface area contributed by atoms with Crippen molar-refractivity contribution in [1.82, 2.24) is 14.7 Å². The monoisotopic (exact) mass is 565 g/mol. The lowest BCUT2D eigenvalue weighted by atomic mass is 9.81. The Labute approximate surface area is 241 Å². The van der Waals surface area contributed by atoms with Crippen molar-refractivity contribution in [3.63, 3.8) is 0 Å². The Morgan fingerprint density at radius 1 is 0.650 bits per heavy atom. The molecule has 4 aliphatic rings. The molecular weight excluding hydrogens is 530 g/mol. The Bertz CT molecular complexity index is 1230. The molecular formula is C31H36ClN3O5. The van der Waals surface area contributed by atoms with Crippen LogP contribution in [0.1, 0.15) is 56.6 Å². The molecule has 9 heteroatoms. The van der Waals surface area contributed by atoms with Crippen molar-refractivity contribution in [2.24, 2.45) is 17.8 Å². The van der Waals surface area contributed by atoms with E-state index in [0.717, 1.165) is 43.2 Å². The summed E-state index contributed by atoms with van der Waals surface area (Å²) in [6.07, 6.45) is 5.41. The number of carbonyl (C=O) groups excluding carboxylic acids is 5. The molecule has 0 spiro atoms. The molecule has 1 aliphatic carbocycles. The normalized spacial score (nSPS) is 25.6. The third-order valence-corrected chi connectivity index (χ3v) is 8.44. The van der Waals surface area contributed by atoms with Gasteiger partial charge in [-0.25, -0.2) is 0 Å². The molecule has 4 atom stereocenters. The van der Waals surface area contributed by atoms with Crippen LogP contribution in [0.5, 0.6) is 0 Å². The predicted molar refractivity (Wildman–Crippen MR) is 151 cm³/mol. The summed E-state index contributed by atoms with van der Waals surface area (Å²) in [5, 5.41) is 0. The van der Waals surface area contributed by atoms with Crippen LogP contribution < -0.4 is 0 Å². The molecule has 0 bridgehead atoms. The number of nitrogens with zero attached hydrogens (tertiary/aromatic N) is 3. The van der Waals surface area contributed by atoms with Crippen molar-refractivity contribution >= 4 is 41.9 Å². The maximum atomic E-state index is 12.6. The summed E-state index contributed by atoms with van der Waals surface area (Å²) in [6, 6.07) is 18.6. The van der Waals surface area contributed by atoms with Gasteiger partial charge in [0, 0.05) is 13.5 Å². The van der Waals surface area contributed by atoms with E-state index in [9.17, 15) is 24.0 Å². The summed E-state index contributed by atoms with van der Waals surface area (Å²) in [6.45, 7) is 2.75. The van der Waals surface area contributed by atoms with Crippen molar-refractivity contribution in [2.75, 3.05) is 6.54 Å². The van der Waals surface area contributed by atoms with Gasteiger partial charge in [-0.05, 0) is 36.8 Å². The quantitative estimate of drug-likeness (QED) is 0.523. The van der Waals surface area contributed by atoms with E-state index in [1.165, 1.54) is 16.7 Å². The second kappa shape index (κ2) is 12.8. The summed E-state index contributed by atoms with van der Waals surface area (Å²) >= 11 is 0. The van der Waals surface area contributed by atoms with Crippen LogP contribution in [0.25, 0.3) is 0 Å². The number of benzene rings is 2. The molecule has 2 aromatic rings. The zero-order chi connectivity index (χ0) is 27.5. The first-order valence-corrected chi connectivity index (χ1v) is 13.9. The van der Waals surface area contributed by atoms with Crippen molar-refractivity contribution in [3.05, 3.63) is 71.8 Å². The first-order valence-electron chi connectivity index (χ1n) is 13.9. The van der Waals surface area contributed by atoms with Crippen LogP contribution >= 0.6 is 12.4 Å². The lowest BCUT2D eigenvalue weighted by molar-refractivity contribution is -0.144. The standard InChI is InChI=1S/C16H18N2O3.C15H17NO2.ClH/c1-11(19)17-9-5-8-13-14(17)16(21)18(15(13)20)10-12-6-3-2-4-7-12;17-14-12-8-4-5-9-13(12)15(18)16(14)10-11-6-2-1-3-7-11;/h2-4,6-7,13-14H,5,8-10H2,1H3;1-3,6-7,12-13H,4-5,8-10H2;1H/t13-,14+;12-,13+;/m1../s1. The fraction of sp³-hybridized carbons (Fsp3) is 0.452. The highest BCUT2D eigenvalue weighted by atomic mass is 35.5. The van der Waals surface area contributed by atoms with Gasteiger partial charge in [-0.1, -0.05) is 73.5 Å². The highest BCUT2D eigenvalue weighted by Crippen LogP contribution is 2.38. The molecule has 3 heterocycles. The molecule has 0 aromatic heterocycles. The third-order valence-electron chi connectivity index (χ3n) is 8.44. The molecule has 0 radical (unpaired) electrons. The minimum atomic E-state index is -0.590. The maximum absolute atomic E-state index is 12.6. The number of hydrogen-bond donors (Lipinski definition) is 0. The van der Waals surface area contributed by atoms with Gasteiger partial charge in [-0.15, -0.1) is 12.4 Å². The molecule has 212 valence electrons. The molecule has 2 aromatic carbocycles. The summed E-state index contributed by atoms with van der Waals surface area (Å²) < 4.78 is 0. The number of piperidine rings is 1. The van der Waals surface area contributed by atoms with Gasteiger partial charge < -0.3 is 4.90 Å². The number of likely N-dealkylation sites (tertiary alicyclic amines) is 3. The molecule has 0 unspecified atom stereocenters. The smallest absolute Gasteiger partial charge is 0.253 e. The number of fused-ring (bicyclic) bond motifs is 2. The average molecular weight is 566 g/mol. The molecule has 8 nitrogen and oxygen atoms in total. The van der Waals surface area contributed by atoms with Gasteiger partial charge in [0.15, 0.2) is 0 Å². The van der Waals surface area contributed by atoms with Gasteiger partial charge in [0.2, 0.25) is 23.6 Å². The lowest BCUT2D eigenvalue weighted by Gasteiger charge is -2.33. The van der Waals surface area contributed by atoms with E-state index >= 15 is 0 Å². The topological polar surface area (TPSA) is 95.1 Å². The summed E-state index contributed by atoms with van der Waals surface area (Å²) in [5.74, 6) is -0.832. The van der Waals surface area contributed by atoms with E-state index < -0.39 is 6.04 Å². The number of amides is 5. The van der Waals surface area contributed by atoms with Crippen LogP contribution in [-0.4, -0.2) is 56.8 Å². The van der Waals surface area contributed by atoms with Crippen LogP contribution in [0.4, 0.5) is 0 Å². The number of halogens is 1. The van der Waals surface area contributed by atoms with Crippen molar-refractivity contribution < 1.29 is 24.0 Å². The van der Waals surface area contributed by atoms with Gasteiger partial charge in [-0.2, -0.15) is 0 Å². The maximum Gasteiger partial charge on any atom is 0.253 e. The van der Waals surface area contributed by atoms with Crippen LogP contribution in [0, 0.1) is 17.8 Å². The zero-order valence-corrected chi connectivity index (χ0v) is 23.6. The summed E-state index contributed by atoms with van der Waals surface area (Å²) in [5.41, 5.74) is 1.95. The molecule has 0 N–H and O–H groups in total. The fourth-order valence-electron chi connectivity index (χ4n) is 6.46. The van der Waals surface area contributed by atoms with Crippen LogP contribution in [0.2, 0.25) is 0 Å². The number of rotatable bonds is 4. The van der Waals surface area contributed by atoms with Crippen molar-refractivity contribution in [3.8, 4) is 0 Å². The molecule has 3 aliphatic heterocycles. The third kappa shape index (κ3) is 5.82. The largest absolute Gasteiger partial charge is 0.330 e. The summed E-state index contributed by atoms with van der Waals surface area (Å²) in [4.78, 5) is 65.6. The van der Waals surface area contributed by atoms with Gasteiger partial charge in [-0.3, -0.25) is 33.8 Å². The zero-order valence-electron chi connectivity index (χ0n) is 22.7. The second-order valence-electron chi connectivity index (χ2n) is 10.9. The minimum Gasteiger partial charge on any atom is -0.330 e. The molecule has 6 rings (SSSR count). The average Bonchev–Trinajstić information content (AvgIpc) is 3.35. The predicted octanol–water partition coefficient (Wildman–Crippen LogP) is 3.97. The number of carbonyl (C=O) groups is 5. The molecule has 5 amide bonds. The Hall–Kier alpha value is -3.52. The van der Waals surface area contributed by atoms with Crippen molar-refractivity contribution in [1.29, 1.82) is 0 Å². The highest BCUT2D eigenvalue weighted by molar-refractivity contribution is 6.08. The van der Waals surface area contributed by atoms with Gasteiger partial charge in [0.1, 0.15) is 6.04 Å². The molecule has 1 saturated carbocycles. The molecule has 3 saturated heterocycles.